The van der Waals surface area contributed by atoms with Crippen LogP contribution in [-0.2, 0) is 19.1 Å². The fraction of sp³-hybridized carbons (Fsp3) is 0.333. The molecular formula is C24H29BrN4O6. The van der Waals surface area contributed by atoms with Gasteiger partial charge in [0.05, 0.1) is 23.9 Å². The fourth-order valence-corrected chi connectivity index (χ4v) is 3.58. The number of rotatable bonds is 11. The number of aryl methyl sites for hydroxylation is 2. The summed E-state index contributed by atoms with van der Waals surface area (Å²) in [5.41, 5.74) is 5.50. The van der Waals surface area contributed by atoms with E-state index in [1.807, 2.05) is 39.0 Å². The van der Waals surface area contributed by atoms with Gasteiger partial charge in [0.15, 0.2) is 18.1 Å². The number of hydrogen-bond donors (Lipinski definition) is 3. The molecule has 0 aromatic heterocycles. The summed E-state index contributed by atoms with van der Waals surface area (Å²) in [6.07, 6.45) is 1.35. The van der Waals surface area contributed by atoms with E-state index >= 15 is 0 Å². The Bertz CT molecular complexity index is 1070. The van der Waals surface area contributed by atoms with E-state index < -0.39 is 11.8 Å². The highest BCUT2D eigenvalue weighted by Gasteiger charge is 2.15. The average Bonchev–Trinajstić information content (AvgIpc) is 2.78. The molecule has 0 bridgehead atoms. The summed E-state index contributed by atoms with van der Waals surface area (Å²) < 4.78 is 16.7. The molecule has 2 aromatic carbocycles. The molecular weight excluding hydrogens is 520 g/mol. The van der Waals surface area contributed by atoms with Crippen LogP contribution in [0.25, 0.3) is 0 Å². The number of nitrogens with zero attached hydrogens (tertiary/aromatic N) is 1. The molecule has 0 radical (unpaired) electrons. The molecule has 0 aliphatic carbocycles. The average molecular weight is 549 g/mol. The van der Waals surface area contributed by atoms with E-state index in [2.05, 4.69) is 37.1 Å². The largest absolute Gasteiger partial charge is 0.490 e. The number of hydrogen-bond acceptors (Lipinski definition) is 7. The Labute approximate surface area is 212 Å². The summed E-state index contributed by atoms with van der Waals surface area (Å²) in [6.45, 7) is 6.36. The van der Waals surface area contributed by atoms with Gasteiger partial charge in [-0.15, -0.1) is 0 Å². The molecule has 11 heteroatoms. The van der Waals surface area contributed by atoms with Crippen LogP contribution >= 0.6 is 15.9 Å². The molecule has 0 aliphatic rings. The van der Waals surface area contributed by atoms with Crippen molar-refractivity contribution in [2.45, 2.75) is 20.8 Å². The molecule has 0 heterocycles. The maximum atomic E-state index is 12.4. The van der Waals surface area contributed by atoms with Crippen LogP contribution in [0.15, 0.2) is 39.9 Å². The molecule has 0 fully saturated rings. The highest BCUT2D eigenvalue weighted by Crippen LogP contribution is 2.36. The molecule has 10 nitrogen and oxygen atoms in total. The molecule has 3 N–H and O–H groups in total. The van der Waals surface area contributed by atoms with Crippen molar-refractivity contribution >= 4 is 45.6 Å². The molecule has 35 heavy (non-hydrogen) atoms. The molecule has 0 spiro atoms. The quantitative estimate of drug-likeness (QED) is 0.171. The third kappa shape index (κ3) is 9.38. The summed E-state index contributed by atoms with van der Waals surface area (Å²) in [4.78, 5) is 35.8. The van der Waals surface area contributed by atoms with Crippen molar-refractivity contribution in [2.75, 3.05) is 38.8 Å². The zero-order chi connectivity index (χ0) is 25.8. The van der Waals surface area contributed by atoms with Gasteiger partial charge in [-0.05, 0) is 77.7 Å². The Kier molecular flexibility index (Phi) is 11.2. The van der Waals surface area contributed by atoms with Crippen LogP contribution < -0.4 is 25.5 Å². The first-order valence-corrected chi connectivity index (χ1v) is 11.6. The van der Waals surface area contributed by atoms with Crippen LogP contribution in [0.1, 0.15) is 23.6 Å². The van der Waals surface area contributed by atoms with Crippen molar-refractivity contribution < 1.29 is 28.6 Å². The van der Waals surface area contributed by atoms with Gasteiger partial charge < -0.3 is 24.8 Å². The maximum Gasteiger partial charge on any atom is 0.329 e. The Morgan fingerprint density at radius 3 is 2.40 bits per heavy atom. The van der Waals surface area contributed by atoms with Gasteiger partial charge >= 0.3 is 11.8 Å². The van der Waals surface area contributed by atoms with Crippen LogP contribution in [0.5, 0.6) is 11.5 Å². The number of ether oxygens (including phenoxy) is 3. The first kappa shape index (κ1) is 27.8. The monoisotopic (exact) mass is 548 g/mol. The lowest BCUT2D eigenvalue weighted by Gasteiger charge is -2.15. The molecule has 0 saturated carbocycles. The van der Waals surface area contributed by atoms with Crippen molar-refractivity contribution in [1.82, 2.24) is 10.7 Å². The van der Waals surface area contributed by atoms with E-state index in [9.17, 15) is 14.4 Å². The minimum Gasteiger partial charge on any atom is -0.490 e. The van der Waals surface area contributed by atoms with E-state index in [0.717, 1.165) is 11.1 Å². The van der Waals surface area contributed by atoms with E-state index in [1.54, 1.807) is 12.1 Å². The fourth-order valence-electron chi connectivity index (χ4n) is 3.01. The lowest BCUT2D eigenvalue weighted by atomic mass is 10.1. The molecule has 2 aromatic rings. The van der Waals surface area contributed by atoms with Crippen LogP contribution in [0, 0.1) is 13.8 Å². The number of nitrogens with one attached hydrogen (secondary N) is 3. The van der Waals surface area contributed by atoms with Gasteiger partial charge in [-0.3, -0.25) is 14.4 Å². The van der Waals surface area contributed by atoms with E-state index in [1.165, 1.54) is 13.3 Å². The molecule has 188 valence electrons. The standard InChI is InChI=1S/C24H29BrN4O6/c1-5-34-20-12-17(13-27-29-24(32)23(31)26-6-7-33-4)11-19(25)22(20)35-14-21(30)28-18-9-15(2)8-16(3)10-18/h8-13H,5-7,14H2,1-4H3,(H,26,31)(H,28,30)(H,29,32)/b27-13-. The third-order valence-electron chi connectivity index (χ3n) is 4.36. The number of carbonyl (C=O) groups is 3. The number of methoxy groups -OCH3 is 1. The molecule has 0 aliphatic heterocycles. The Hall–Kier alpha value is -3.44. The number of benzene rings is 2. The number of anilines is 1. The summed E-state index contributed by atoms with van der Waals surface area (Å²) >= 11 is 3.42. The first-order valence-electron chi connectivity index (χ1n) is 10.8. The highest BCUT2D eigenvalue weighted by atomic mass is 79.9. The van der Waals surface area contributed by atoms with Gasteiger partial charge in [-0.25, -0.2) is 5.43 Å². The zero-order valence-electron chi connectivity index (χ0n) is 20.1. The number of amides is 3. The number of carbonyl (C=O) groups excluding carboxylic acids is 3. The lowest BCUT2D eigenvalue weighted by molar-refractivity contribution is -0.139. The van der Waals surface area contributed by atoms with Gasteiger partial charge in [-0.2, -0.15) is 5.10 Å². The number of hydrazone groups is 1. The van der Waals surface area contributed by atoms with E-state index in [-0.39, 0.29) is 25.7 Å². The predicted octanol–water partition coefficient (Wildman–Crippen LogP) is 2.69. The smallest absolute Gasteiger partial charge is 0.329 e. The van der Waals surface area contributed by atoms with E-state index in [4.69, 9.17) is 14.2 Å². The minimum atomic E-state index is -0.906. The second kappa shape index (κ2) is 14.1. The highest BCUT2D eigenvalue weighted by molar-refractivity contribution is 9.10. The summed E-state index contributed by atoms with van der Waals surface area (Å²) in [5, 5.41) is 9.01. The van der Waals surface area contributed by atoms with Gasteiger partial charge in [-0.1, -0.05) is 6.07 Å². The van der Waals surface area contributed by atoms with Crippen molar-refractivity contribution in [2.24, 2.45) is 5.10 Å². The molecule has 0 saturated heterocycles. The normalized spacial score (nSPS) is 10.7. The van der Waals surface area contributed by atoms with Crippen molar-refractivity contribution in [1.29, 1.82) is 0 Å². The Morgan fingerprint density at radius 2 is 1.74 bits per heavy atom. The molecule has 0 atom stereocenters. The van der Waals surface area contributed by atoms with Crippen LogP contribution in [-0.4, -0.2) is 57.4 Å². The molecule has 3 amide bonds. The predicted molar refractivity (Wildman–Crippen MR) is 136 cm³/mol. The first-order chi connectivity index (χ1) is 16.7. The third-order valence-corrected chi connectivity index (χ3v) is 4.95. The van der Waals surface area contributed by atoms with Gasteiger partial charge in [0, 0.05) is 19.3 Å². The van der Waals surface area contributed by atoms with Crippen molar-refractivity contribution in [3.8, 4) is 11.5 Å². The van der Waals surface area contributed by atoms with Crippen LogP contribution in [0.3, 0.4) is 0 Å². The van der Waals surface area contributed by atoms with Crippen molar-refractivity contribution in [3.05, 3.63) is 51.5 Å². The topological polar surface area (TPSA) is 127 Å². The van der Waals surface area contributed by atoms with E-state index in [0.29, 0.717) is 33.8 Å². The SMILES string of the molecule is CCOc1cc(/C=N\NC(=O)C(=O)NCCOC)cc(Br)c1OCC(=O)Nc1cc(C)cc(C)c1. The van der Waals surface area contributed by atoms with Gasteiger partial charge in [0.2, 0.25) is 0 Å². The summed E-state index contributed by atoms with van der Waals surface area (Å²) in [5.74, 6) is -1.32. The van der Waals surface area contributed by atoms with Crippen LogP contribution in [0.2, 0.25) is 0 Å². The van der Waals surface area contributed by atoms with Gasteiger partial charge in [0.1, 0.15) is 0 Å². The minimum absolute atomic E-state index is 0.210. The molecule has 2 rings (SSSR count). The second-order valence-electron chi connectivity index (χ2n) is 7.42. The summed E-state index contributed by atoms with van der Waals surface area (Å²) in [7, 11) is 1.49. The Balaban J connectivity index is 2.02. The van der Waals surface area contributed by atoms with Crippen LogP contribution in [0.4, 0.5) is 5.69 Å². The van der Waals surface area contributed by atoms with Gasteiger partial charge in [0.25, 0.3) is 5.91 Å². The Morgan fingerprint density at radius 1 is 1.03 bits per heavy atom. The number of halogens is 1. The molecule has 0 unspecified atom stereocenters. The van der Waals surface area contributed by atoms with Crippen molar-refractivity contribution in [3.63, 3.8) is 0 Å². The second-order valence-corrected chi connectivity index (χ2v) is 8.28. The lowest BCUT2D eigenvalue weighted by Crippen LogP contribution is -2.39. The summed E-state index contributed by atoms with van der Waals surface area (Å²) in [6, 6.07) is 9.09. The maximum absolute atomic E-state index is 12.4. The zero-order valence-corrected chi connectivity index (χ0v) is 21.7.